The predicted octanol–water partition coefficient (Wildman–Crippen LogP) is 2.14. The second kappa shape index (κ2) is 3.38. The maximum atomic E-state index is 12.7. The van der Waals surface area contributed by atoms with Gasteiger partial charge in [-0.25, -0.2) is 4.98 Å². The molecule has 19 heavy (non-hydrogen) atoms. The van der Waals surface area contributed by atoms with E-state index in [0.717, 1.165) is 28.7 Å². The third-order valence-electron chi connectivity index (χ3n) is 4.67. The molecule has 1 aromatic heterocycles. The van der Waals surface area contributed by atoms with E-state index in [9.17, 15) is 9.90 Å². The molecule has 0 bridgehead atoms. The van der Waals surface area contributed by atoms with E-state index in [1.54, 1.807) is 6.20 Å². The molecule has 0 radical (unpaired) electrons. The number of aliphatic hydroxyl groups is 1. The molecule has 0 saturated heterocycles. The van der Waals surface area contributed by atoms with E-state index in [0.29, 0.717) is 12.8 Å². The van der Waals surface area contributed by atoms with Crippen LogP contribution in [0.5, 0.6) is 0 Å². The quantitative estimate of drug-likeness (QED) is 0.861. The lowest BCUT2D eigenvalue weighted by atomic mass is 9.76. The van der Waals surface area contributed by atoms with Gasteiger partial charge in [-0.1, -0.05) is 0 Å². The molecular formula is C14H15BrN2O2. The van der Waals surface area contributed by atoms with Crippen molar-refractivity contribution in [3.8, 4) is 0 Å². The lowest BCUT2D eigenvalue weighted by molar-refractivity contribution is -0.122. The molecule has 1 aliphatic heterocycles. The fourth-order valence-corrected chi connectivity index (χ4v) is 3.83. The molecule has 0 unspecified atom stereocenters. The SMILES string of the molecule is C[C@]1(O)C[C@@H](N2C(=O)C3(CC3)c3cc(Br)cnc32)C1. The number of rotatable bonds is 1. The van der Waals surface area contributed by atoms with Gasteiger partial charge in [0.25, 0.3) is 0 Å². The molecular weight excluding hydrogens is 308 g/mol. The van der Waals surface area contributed by atoms with Gasteiger partial charge in [0.05, 0.1) is 11.0 Å². The monoisotopic (exact) mass is 322 g/mol. The smallest absolute Gasteiger partial charge is 0.239 e. The molecule has 0 aromatic carbocycles. The van der Waals surface area contributed by atoms with E-state index < -0.39 is 5.60 Å². The summed E-state index contributed by atoms with van der Waals surface area (Å²) in [6.07, 6.45) is 4.89. The number of carbonyl (C=O) groups is 1. The molecule has 1 N–H and O–H groups in total. The van der Waals surface area contributed by atoms with E-state index >= 15 is 0 Å². The Morgan fingerprint density at radius 3 is 2.74 bits per heavy atom. The van der Waals surface area contributed by atoms with Crippen molar-refractivity contribution in [2.75, 3.05) is 4.90 Å². The van der Waals surface area contributed by atoms with Crippen LogP contribution in [0.4, 0.5) is 5.82 Å². The number of carbonyl (C=O) groups excluding carboxylic acids is 1. The summed E-state index contributed by atoms with van der Waals surface area (Å²) in [7, 11) is 0. The second-order valence-electron chi connectivity index (χ2n) is 6.34. The summed E-state index contributed by atoms with van der Waals surface area (Å²) in [6, 6.07) is 2.14. The van der Waals surface area contributed by atoms with E-state index in [1.807, 2.05) is 17.9 Å². The van der Waals surface area contributed by atoms with Crippen molar-refractivity contribution >= 4 is 27.7 Å². The van der Waals surface area contributed by atoms with Crippen molar-refractivity contribution in [1.29, 1.82) is 0 Å². The average Bonchev–Trinajstić information content (AvgIpc) is 3.05. The first kappa shape index (κ1) is 11.9. The van der Waals surface area contributed by atoms with Crippen LogP contribution in [0.25, 0.3) is 0 Å². The molecule has 4 nitrogen and oxygen atoms in total. The third-order valence-corrected chi connectivity index (χ3v) is 5.10. The average molecular weight is 323 g/mol. The van der Waals surface area contributed by atoms with Crippen LogP contribution < -0.4 is 4.90 Å². The van der Waals surface area contributed by atoms with Crippen LogP contribution in [0.15, 0.2) is 16.7 Å². The van der Waals surface area contributed by atoms with E-state index in [4.69, 9.17) is 0 Å². The fraction of sp³-hybridized carbons (Fsp3) is 0.571. The Morgan fingerprint density at radius 1 is 1.47 bits per heavy atom. The molecule has 1 aromatic rings. The zero-order valence-electron chi connectivity index (χ0n) is 10.7. The molecule has 2 heterocycles. The van der Waals surface area contributed by atoms with Crippen LogP contribution in [-0.2, 0) is 10.2 Å². The number of nitrogens with zero attached hydrogens (tertiary/aromatic N) is 2. The number of amides is 1. The molecule has 1 spiro atoms. The molecule has 4 rings (SSSR count). The first-order chi connectivity index (χ1) is 8.93. The minimum Gasteiger partial charge on any atom is -0.390 e. The molecule has 2 fully saturated rings. The number of hydrogen-bond donors (Lipinski definition) is 1. The summed E-state index contributed by atoms with van der Waals surface area (Å²) in [5.41, 5.74) is 0.145. The Morgan fingerprint density at radius 2 is 2.16 bits per heavy atom. The van der Waals surface area contributed by atoms with E-state index in [2.05, 4.69) is 20.9 Å². The minimum atomic E-state index is -0.625. The molecule has 3 aliphatic rings. The summed E-state index contributed by atoms with van der Waals surface area (Å²) in [6.45, 7) is 1.83. The van der Waals surface area contributed by atoms with Gasteiger partial charge in [0.1, 0.15) is 5.82 Å². The van der Waals surface area contributed by atoms with Crippen LogP contribution in [-0.4, -0.2) is 27.6 Å². The number of fused-ring (bicyclic) bond motifs is 2. The normalized spacial score (nSPS) is 34.4. The number of pyridine rings is 1. The number of halogens is 1. The van der Waals surface area contributed by atoms with Crippen molar-refractivity contribution in [3.05, 3.63) is 22.3 Å². The Kier molecular flexibility index (Phi) is 2.11. The Balaban J connectivity index is 1.77. The number of anilines is 1. The van der Waals surface area contributed by atoms with Gasteiger partial charge in [0, 0.05) is 22.3 Å². The van der Waals surface area contributed by atoms with Gasteiger partial charge < -0.3 is 5.11 Å². The summed E-state index contributed by atoms with van der Waals surface area (Å²) in [5.74, 6) is 1.000. The summed E-state index contributed by atoms with van der Waals surface area (Å²) in [4.78, 5) is 19.0. The minimum absolute atomic E-state index is 0.106. The van der Waals surface area contributed by atoms with Crippen LogP contribution in [0.1, 0.15) is 38.2 Å². The molecule has 5 heteroatoms. The van der Waals surface area contributed by atoms with Crippen LogP contribution in [0, 0.1) is 0 Å². The van der Waals surface area contributed by atoms with Crippen molar-refractivity contribution in [2.24, 2.45) is 0 Å². The van der Waals surface area contributed by atoms with Gasteiger partial charge in [-0.15, -0.1) is 0 Å². The summed E-state index contributed by atoms with van der Waals surface area (Å²) in [5, 5.41) is 9.90. The highest BCUT2D eigenvalue weighted by Crippen LogP contribution is 2.58. The van der Waals surface area contributed by atoms with Gasteiger partial charge in [0.15, 0.2) is 0 Å². The fourth-order valence-electron chi connectivity index (χ4n) is 3.50. The maximum absolute atomic E-state index is 12.7. The van der Waals surface area contributed by atoms with Crippen LogP contribution in [0.2, 0.25) is 0 Å². The van der Waals surface area contributed by atoms with Crippen LogP contribution >= 0.6 is 15.9 Å². The van der Waals surface area contributed by atoms with Crippen molar-refractivity contribution in [1.82, 2.24) is 4.98 Å². The Labute approximate surface area is 120 Å². The molecule has 1 amide bonds. The highest BCUT2D eigenvalue weighted by Gasteiger charge is 2.62. The lowest BCUT2D eigenvalue weighted by Crippen LogP contribution is -2.55. The van der Waals surface area contributed by atoms with Gasteiger partial charge in [-0.2, -0.15) is 0 Å². The van der Waals surface area contributed by atoms with E-state index in [1.165, 1.54) is 0 Å². The van der Waals surface area contributed by atoms with Crippen molar-refractivity contribution in [3.63, 3.8) is 0 Å². The third kappa shape index (κ3) is 1.48. The van der Waals surface area contributed by atoms with E-state index in [-0.39, 0.29) is 17.4 Å². The highest BCUT2D eigenvalue weighted by atomic mass is 79.9. The molecule has 100 valence electrons. The maximum Gasteiger partial charge on any atom is 0.239 e. The second-order valence-corrected chi connectivity index (χ2v) is 7.26. The molecule has 2 saturated carbocycles. The molecule has 2 aliphatic carbocycles. The largest absolute Gasteiger partial charge is 0.390 e. The topological polar surface area (TPSA) is 53.4 Å². The van der Waals surface area contributed by atoms with Gasteiger partial charge in [0.2, 0.25) is 5.91 Å². The van der Waals surface area contributed by atoms with Crippen LogP contribution in [0.3, 0.4) is 0 Å². The van der Waals surface area contributed by atoms with Gasteiger partial charge in [-0.05, 0) is 54.6 Å². The highest BCUT2D eigenvalue weighted by molar-refractivity contribution is 9.10. The molecule has 0 atom stereocenters. The first-order valence-electron chi connectivity index (χ1n) is 6.65. The summed E-state index contributed by atoms with van der Waals surface area (Å²) >= 11 is 3.44. The predicted molar refractivity (Wildman–Crippen MR) is 74.0 cm³/mol. The first-order valence-corrected chi connectivity index (χ1v) is 7.44. The standard InChI is InChI=1S/C14H15BrN2O2/c1-13(19)5-9(6-13)17-11-10(4-8(15)7-16-11)14(2-3-14)12(17)18/h4,7,9,19H,2-3,5-6H2,1H3/t9-,13+. The zero-order valence-corrected chi connectivity index (χ0v) is 12.3. The Hall–Kier alpha value is -0.940. The van der Waals surface area contributed by atoms with Gasteiger partial charge >= 0.3 is 0 Å². The van der Waals surface area contributed by atoms with Crippen molar-refractivity contribution < 1.29 is 9.90 Å². The van der Waals surface area contributed by atoms with Gasteiger partial charge in [-0.3, -0.25) is 9.69 Å². The Bertz CT molecular complexity index is 587. The lowest BCUT2D eigenvalue weighted by Gasteiger charge is -2.45. The number of hydrogen-bond acceptors (Lipinski definition) is 3. The summed E-state index contributed by atoms with van der Waals surface area (Å²) < 4.78 is 0.924. The number of aromatic nitrogens is 1. The zero-order chi connectivity index (χ0) is 13.4. The van der Waals surface area contributed by atoms with Crippen molar-refractivity contribution in [2.45, 2.75) is 49.7 Å².